The average molecular weight is 331 g/mol. The fourth-order valence-corrected chi connectivity index (χ4v) is 3.09. The Morgan fingerprint density at radius 1 is 1.17 bits per heavy atom. The van der Waals surface area contributed by atoms with Gasteiger partial charge < -0.3 is 14.8 Å². The standard InChI is InChI=1S/C19H25NO4/c1-23-16-10-7-14(8-11-16)9-12-18(21)20-13-15-5-3-4-6-17(15)19(22)24-2/h7-12,15,17H,3-6,13H2,1-2H3,(H,20,21)/b12-9+. The molecule has 0 aliphatic heterocycles. The first kappa shape index (κ1) is 18.0. The molecule has 1 saturated carbocycles. The van der Waals surface area contributed by atoms with Crippen LogP contribution in [0.5, 0.6) is 5.75 Å². The van der Waals surface area contributed by atoms with E-state index in [1.807, 2.05) is 24.3 Å². The smallest absolute Gasteiger partial charge is 0.309 e. The van der Waals surface area contributed by atoms with E-state index < -0.39 is 0 Å². The Bertz CT molecular complexity index is 580. The van der Waals surface area contributed by atoms with Gasteiger partial charge in [-0.15, -0.1) is 0 Å². The van der Waals surface area contributed by atoms with E-state index in [1.165, 1.54) is 13.2 Å². The summed E-state index contributed by atoms with van der Waals surface area (Å²) in [6, 6.07) is 7.47. The molecule has 1 N–H and O–H groups in total. The van der Waals surface area contributed by atoms with Crippen LogP contribution in [0.1, 0.15) is 31.2 Å². The van der Waals surface area contributed by atoms with E-state index in [2.05, 4.69) is 5.32 Å². The summed E-state index contributed by atoms with van der Waals surface area (Å²) in [5.74, 6) is 0.518. The number of esters is 1. The largest absolute Gasteiger partial charge is 0.497 e. The molecular weight excluding hydrogens is 306 g/mol. The Hall–Kier alpha value is -2.30. The van der Waals surface area contributed by atoms with Crippen LogP contribution in [0.15, 0.2) is 30.3 Å². The van der Waals surface area contributed by atoms with Gasteiger partial charge in [0.1, 0.15) is 5.75 Å². The van der Waals surface area contributed by atoms with Gasteiger partial charge in [-0.3, -0.25) is 9.59 Å². The van der Waals surface area contributed by atoms with Crippen molar-refractivity contribution in [2.75, 3.05) is 20.8 Å². The maximum Gasteiger partial charge on any atom is 0.309 e. The van der Waals surface area contributed by atoms with Gasteiger partial charge in [0, 0.05) is 12.6 Å². The number of methoxy groups -OCH3 is 2. The van der Waals surface area contributed by atoms with Crippen LogP contribution in [0.2, 0.25) is 0 Å². The van der Waals surface area contributed by atoms with Crippen LogP contribution < -0.4 is 10.1 Å². The number of hydrogen-bond donors (Lipinski definition) is 1. The van der Waals surface area contributed by atoms with Crippen LogP contribution >= 0.6 is 0 Å². The zero-order chi connectivity index (χ0) is 17.4. The Balaban J connectivity index is 1.84. The van der Waals surface area contributed by atoms with Crippen molar-refractivity contribution < 1.29 is 19.1 Å². The molecule has 2 rings (SSSR count). The number of carbonyl (C=O) groups is 2. The number of hydrogen-bond acceptors (Lipinski definition) is 4. The van der Waals surface area contributed by atoms with Crippen LogP contribution in [0.3, 0.4) is 0 Å². The minimum absolute atomic E-state index is 0.102. The van der Waals surface area contributed by atoms with Crippen molar-refractivity contribution in [1.29, 1.82) is 0 Å². The molecule has 24 heavy (non-hydrogen) atoms. The summed E-state index contributed by atoms with van der Waals surface area (Å²) in [6.07, 6.45) is 7.19. The number of benzene rings is 1. The van der Waals surface area contributed by atoms with E-state index in [1.54, 1.807) is 13.2 Å². The van der Waals surface area contributed by atoms with E-state index in [-0.39, 0.29) is 23.7 Å². The Kier molecular flexibility index (Phi) is 6.85. The minimum atomic E-state index is -0.164. The molecule has 0 saturated heterocycles. The summed E-state index contributed by atoms with van der Waals surface area (Å²) in [5.41, 5.74) is 0.927. The fourth-order valence-electron chi connectivity index (χ4n) is 3.09. The molecule has 1 amide bonds. The second-order valence-corrected chi connectivity index (χ2v) is 6.03. The third-order valence-electron chi connectivity index (χ3n) is 4.49. The van der Waals surface area contributed by atoms with E-state index in [0.29, 0.717) is 6.54 Å². The summed E-state index contributed by atoms with van der Waals surface area (Å²) >= 11 is 0. The molecule has 0 spiro atoms. The third kappa shape index (κ3) is 5.11. The first-order valence-corrected chi connectivity index (χ1v) is 8.32. The molecule has 0 bridgehead atoms. The monoisotopic (exact) mass is 331 g/mol. The second-order valence-electron chi connectivity index (χ2n) is 6.03. The Morgan fingerprint density at radius 3 is 2.54 bits per heavy atom. The van der Waals surface area contributed by atoms with Crippen molar-refractivity contribution in [1.82, 2.24) is 5.32 Å². The van der Waals surface area contributed by atoms with Gasteiger partial charge in [0.15, 0.2) is 0 Å². The van der Waals surface area contributed by atoms with Gasteiger partial charge in [0.05, 0.1) is 20.1 Å². The highest BCUT2D eigenvalue weighted by atomic mass is 16.5. The number of amides is 1. The van der Waals surface area contributed by atoms with Gasteiger partial charge in [-0.2, -0.15) is 0 Å². The predicted octanol–water partition coefficient (Wildman–Crippen LogP) is 2.80. The maximum absolute atomic E-state index is 12.0. The van der Waals surface area contributed by atoms with Crippen LogP contribution in [-0.4, -0.2) is 32.6 Å². The quantitative estimate of drug-likeness (QED) is 0.643. The lowest BCUT2D eigenvalue weighted by atomic mass is 9.79. The molecule has 1 aliphatic carbocycles. The molecule has 0 aromatic heterocycles. The van der Waals surface area contributed by atoms with Gasteiger partial charge in [-0.1, -0.05) is 25.0 Å². The van der Waals surface area contributed by atoms with Crippen molar-refractivity contribution in [3.63, 3.8) is 0 Å². The van der Waals surface area contributed by atoms with Crippen molar-refractivity contribution in [2.24, 2.45) is 11.8 Å². The minimum Gasteiger partial charge on any atom is -0.497 e. The van der Waals surface area contributed by atoms with Crippen molar-refractivity contribution in [3.05, 3.63) is 35.9 Å². The molecule has 0 heterocycles. The summed E-state index contributed by atoms with van der Waals surface area (Å²) in [5, 5.41) is 2.90. The lowest BCUT2D eigenvalue weighted by Crippen LogP contribution is -2.37. The highest BCUT2D eigenvalue weighted by Crippen LogP contribution is 2.30. The Morgan fingerprint density at radius 2 is 1.88 bits per heavy atom. The molecule has 2 unspecified atom stereocenters. The van der Waals surface area contributed by atoms with Gasteiger partial charge in [-0.05, 0) is 42.5 Å². The Labute approximate surface area is 143 Å². The normalized spacial score (nSPS) is 20.6. The molecule has 1 aromatic carbocycles. The molecule has 2 atom stereocenters. The number of carbonyl (C=O) groups excluding carboxylic acids is 2. The highest BCUT2D eigenvalue weighted by molar-refractivity contribution is 5.91. The topological polar surface area (TPSA) is 64.6 Å². The van der Waals surface area contributed by atoms with Gasteiger partial charge in [0.2, 0.25) is 5.91 Å². The fraction of sp³-hybridized carbons (Fsp3) is 0.474. The average Bonchev–Trinajstić information content (AvgIpc) is 2.64. The van der Waals surface area contributed by atoms with Crippen molar-refractivity contribution in [3.8, 4) is 5.75 Å². The van der Waals surface area contributed by atoms with Crippen molar-refractivity contribution >= 4 is 18.0 Å². The van der Waals surface area contributed by atoms with Crippen LogP contribution in [-0.2, 0) is 14.3 Å². The lowest BCUT2D eigenvalue weighted by molar-refractivity contribution is -0.148. The SMILES string of the molecule is COC(=O)C1CCCCC1CNC(=O)/C=C/c1ccc(OC)cc1. The summed E-state index contributed by atoms with van der Waals surface area (Å²) in [6.45, 7) is 0.506. The first-order valence-electron chi connectivity index (χ1n) is 8.32. The molecule has 1 aromatic rings. The lowest BCUT2D eigenvalue weighted by Gasteiger charge is -2.29. The molecule has 5 heteroatoms. The van der Waals surface area contributed by atoms with Gasteiger partial charge in [-0.25, -0.2) is 0 Å². The van der Waals surface area contributed by atoms with Crippen LogP contribution in [0, 0.1) is 11.8 Å². The van der Waals surface area contributed by atoms with E-state index in [9.17, 15) is 9.59 Å². The number of ether oxygens (including phenoxy) is 2. The van der Waals surface area contributed by atoms with Crippen LogP contribution in [0.25, 0.3) is 6.08 Å². The van der Waals surface area contributed by atoms with Gasteiger partial charge >= 0.3 is 5.97 Å². The second kappa shape index (κ2) is 9.11. The predicted molar refractivity (Wildman–Crippen MR) is 92.5 cm³/mol. The molecule has 5 nitrogen and oxygen atoms in total. The molecular formula is C19H25NO4. The zero-order valence-electron chi connectivity index (χ0n) is 14.3. The number of nitrogens with one attached hydrogen (secondary N) is 1. The van der Waals surface area contributed by atoms with E-state index >= 15 is 0 Å². The van der Waals surface area contributed by atoms with E-state index in [4.69, 9.17) is 9.47 Å². The van der Waals surface area contributed by atoms with Gasteiger partial charge in [0.25, 0.3) is 0 Å². The van der Waals surface area contributed by atoms with Crippen molar-refractivity contribution in [2.45, 2.75) is 25.7 Å². The molecule has 130 valence electrons. The highest BCUT2D eigenvalue weighted by Gasteiger charge is 2.31. The third-order valence-corrected chi connectivity index (χ3v) is 4.49. The first-order chi connectivity index (χ1) is 11.6. The molecule has 1 aliphatic rings. The van der Waals surface area contributed by atoms with Crippen LogP contribution in [0.4, 0.5) is 0 Å². The zero-order valence-corrected chi connectivity index (χ0v) is 14.3. The van der Waals surface area contributed by atoms with E-state index in [0.717, 1.165) is 37.0 Å². The molecule has 1 fully saturated rings. The summed E-state index contributed by atoms with van der Waals surface area (Å²) < 4.78 is 9.97. The molecule has 0 radical (unpaired) electrons. The maximum atomic E-state index is 12.0. The summed E-state index contributed by atoms with van der Waals surface area (Å²) in [4.78, 5) is 23.8. The summed E-state index contributed by atoms with van der Waals surface area (Å²) in [7, 11) is 3.04. The number of rotatable bonds is 6.